The summed E-state index contributed by atoms with van der Waals surface area (Å²) in [5.74, 6) is 0.583. The van der Waals surface area contributed by atoms with Gasteiger partial charge < -0.3 is 15.2 Å². The summed E-state index contributed by atoms with van der Waals surface area (Å²) in [5.41, 5.74) is 5.83. The van der Waals surface area contributed by atoms with Crippen LogP contribution in [-0.4, -0.2) is 32.5 Å². The molecule has 0 aromatic carbocycles. The van der Waals surface area contributed by atoms with Gasteiger partial charge in [0.1, 0.15) is 0 Å². The Morgan fingerprint density at radius 3 is 2.91 bits per heavy atom. The Hall–Kier alpha value is -0.120. The van der Waals surface area contributed by atoms with E-state index in [1.807, 2.05) is 0 Å². The van der Waals surface area contributed by atoms with Crippen LogP contribution in [0.3, 0.4) is 0 Å². The molecule has 3 nitrogen and oxygen atoms in total. The molecule has 0 saturated carbocycles. The third-order valence-corrected chi connectivity index (χ3v) is 2.23. The van der Waals surface area contributed by atoms with Crippen LogP contribution in [0, 0.1) is 5.92 Å². The van der Waals surface area contributed by atoms with E-state index in [9.17, 15) is 0 Å². The minimum absolute atomic E-state index is 0.0394. The predicted octanol–water partition coefficient (Wildman–Crippen LogP) is 0.385. The van der Waals surface area contributed by atoms with Gasteiger partial charge in [-0.15, -0.1) is 0 Å². The molecule has 0 aromatic heterocycles. The molecule has 3 heteroatoms. The molecule has 1 aliphatic heterocycles. The number of methoxy groups -OCH3 is 1. The van der Waals surface area contributed by atoms with Crippen LogP contribution in [-0.2, 0) is 9.47 Å². The summed E-state index contributed by atoms with van der Waals surface area (Å²) in [6.45, 7) is 3.62. The molecule has 0 spiro atoms. The normalized spacial score (nSPS) is 34.1. The second-order valence-electron chi connectivity index (χ2n) is 3.22. The van der Waals surface area contributed by atoms with Gasteiger partial charge in [0.2, 0.25) is 0 Å². The van der Waals surface area contributed by atoms with Crippen molar-refractivity contribution in [1.29, 1.82) is 0 Å². The van der Waals surface area contributed by atoms with Crippen LogP contribution in [0.1, 0.15) is 13.3 Å². The van der Waals surface area contributed by atoms with Crippen molar-refractivity contribution in [3.63, 3.8) is 0 Å². The van der Waals surface area contributed by atoms with Gasteiger partial charge in [0.25, 0.3) is 0 Å². The molecule has 3 atom stereocenters. The van der Waals surface area contributed by atoms with Gasteiger partial charge in [-0.1, -0.05) is 6.92 Å². The average molecular weight is 159 g/mol. The van der Waals surface area contributed by atoms with Gasteiger partial charge in [0.15, 0.2) is 0 Å². The van der Waals surface area contributed by atoms with Gasteiger partial charge in [-0.25, -0.2) is 0 Å². The third kappa shape index (κ3) is 2.15. The highest BCUT2D eigenvalue weighted by Gasteiger charge is 2.29. The van der Waals surface area contributed by atoms with Gasteiger partial charge in [-0.2, -0.15) is 0 Å². The van der Waals surface area contributed by atoms with E-state index in [-0.39, 0.29) is 12.1 Å². The van der Waals surface area contributed by atoms with Crippen molar-refractivity contribution in [2.24, 2.45) is 11.7 Å². The Bertz CT molecular complexity index is 119. The van der Waals surface area contributed by atoms with Gasteiger partial charge in [-0.05, 0) is 12.3 Å². The van der Waals surface area contributed by atoms with Crippen LogP contribution in [0.5, 0.6) is 0 Å². The Morgan fingerprint density at radius 1 is 1.73 bits per heavy atom. The SMILES string of the molecule is COCC(N)C1OCCC1C. The van der Waals surface area contributed by atoms with Gasteiger partial charge in [0, 0.05) is 13.7 Å². The molecule has 0 bridgehead atoms. The largest absolute Gasteiger partial charge is 0.383 e. The second kappa shape index (κ2) is 4.04. The van der Waals surface area contributed by atoms with E-state index in [1.165, 1.54) is 0 Å². The lowest BCUT2D eigenvalue weighted by atomic mass is 9.99. The molecule has 1 aliphatic rings. The molecule has 11 heavy (non-hydrogen) atoms. The third-order valence-electron chi connectivity index (χ3n) is 2.23. The molecule has 0 aliphatic carbocycles. The molecule has 2 N–H and O–H groups in total. The van der Waals surface area contributed by atoms with Crippen molar-refractivity contribution in [3.05, 3.63) is 0 Å². The molecular formula is C8H17NO2. The minimum atomic E-state index is 0.0394. The molecule has 1 heterocycles. The smallest absolute Gasteiger partial charge is 0.0774 e. The first-order valence-corrected chi connectivity index (χ1v) is 4.12. The van der Waals surface area contributed by atoms with Crippen molar-refractivity contribution in [2.75, 3.05) is 20.3 Å². The van der Waals surface area contributed by atoms with Crippen molar-refractivity contribution in [3.8, 4) is 0 Å². The monoisotopic (exact) mass is 159 g/mol. The molecule has 1 fully saturated rings. The maximum atomic E-state index is 5.83. The van der Waals surface area contributed by atoms with Crippen molar-refractivity contribution in [1.82, 2.24) is 0 Å². The molecule has 3 unspecified atom stereocenters. The highest BCUT2D eigenvalue weighted by molar-refractivity contribution is 4.82. The molecule has 0 amide bonds. The quantitative estimate of drug-likeness (QED) is 0.647. The van der Waals surface area contributed by atoms with E-state index < -0.39 is 0 Å². The molecular weight excluding hydrogens is 142 g/mol. The zero-order valence-electron chi connectivity index (χ0n) is 7.25. The van der Waals surface area contributed by atoms with Crippen LogP contribution >= 0.6 is 0 Å². The van der Waals surface area contributed by atoms with Gasteiger partial charge in [-0.3, -0.25) is 0 Å². The highest BCUT2D eigenvalue weighted by atomic mass is 16.5. The van der Waals surface area contributed by atoms with E-state index in [4.69, 9.17) is 15.2 Å². The molecule has 66 valence electrons. The van der Waals surface area contributed by atoms with Crippen molar-refractivity contribution < 1.29 is 9.47 Å². The number of rotatable bonds is 3. The van der Waals surface area contributed by atoms with Crippen LogP contribution in [0.2, 0.25) is 0 Å². The first-order valence-electron chi connectivity index (χ1n) is 4.12. The summed E-state index contributed by atoms with van der Waals surface area (Å²) in [4.78, 5) is 0. The van der Waals surface area contributed by atoms with E-state index in [2.05, 4.69) is 6.92 Å². The first-order chi connectivity index (χ1) is 5.25. The van der Waals surface area contributed by atoms with Crippen LogP contribution in [0.15, 0.2) is 0 Å². The zero-order chi connectivity index (χ0) is 8.27. The zero-order valence-corrected chi connectivity index (χ0v) is 7.25. The van der Waals surface area contributed by atoms with Crippen molar-refractivity contribution in [2.45, 2.75) is 25.5 Å². The van der Waals surface area contributed by atoms with E-state index in [1.54, 1.807) is 7.11 Å². The summed E-state index contributed by atoms with van der Waals surface area (Å²) >= 11 is 0. The fourth-order valence-corrected chi connectivity index (χ4v) is 1.55. The van der Waals surface area contributed by atoms with Crippen LogP contribution in [0.4, 0.5) is 0 Å². The number of ether oxygens (including phenoxy) is 2. The fraction of sp³-hybridized carbons (Fsp3) is 1.00. The summed E-state index contributed by atoms with van der Waals surface area (Å²) in [7, 11) is 1.67. The standard InChI is InChI=1S/C8H17NO2/c1-6-3-4-11-8(6)7(9)5-10-2/h6-8H,3-5,9H2,1-2H3. The molecule has 0 aromatic rings. The van der Waals surface area contributed by atoms with E-state index in [0.717, 1.165) is 13.0 Å². The number of hydrogen-bond donors (Lipinski definition) is 1. The maximum absolute atomic E-state index is 5.83. The highest BCUT2D eigenvalue weighted by Crippen LogP contribution is 2.21. The molecule has 1 rings (SSSR count). The van der Waals surface area contributed by atoms with E-state index in [0.29, 0.717) is 12.5 Å². The summed E-state index contributed by atoms with van der Waals surface area (Å²) in [6.07, 6.45) is 1.33. The lowest BCUT2D eigenvalue weighted by Crippen LogP contribution is -2.41. The van der Waals surface area contributed by atoms with Crippen molar-refractivity contribution >= 4 is 0 Å². The maximum Gasteiger partial charge on any atom is 0.0774 e. The number of nitrogens with two attached hydrogens (primary N) is 1. The lowest BCUT2D eigenvalue weighted by Gasteiger charge is -2.21. The predicted molar refractivity (Wildman–Crippen MR) is 43.4 cm³/mol. The van der Waals surface area contributed by atoms with Gasteiger partial charge >= 0.3 is 0 Å². The van der Waals surface area contributed by atoms with E-state index >= 15 is 0 Å². The topological polar surface area (TPSA) is 44.5 Å². The second-order valence-corrected chi connectivity index (χ2v) is 3.22. The summed E-state index contributed by atoms with van der Waals surface area (Å²) < 4.78 is 10.4. The Balaban J connectivity index is 2.33. The lowest BCUT2D eigenvalue weighted by molar-refractivity contribution is 0.0425. The summed E-state index contributed by atoms with van der Waals surface area (Å²) in [5, 5.41) is 0. The first kappa shape index (κ1) is 8.97. The minimum Gasteiger partial charge on any atom is -0.383 e. The average Bonchev–Trinajstić information content (AvgIpc) is 2.36. The van der Waals surface area contributed by atoms with Crippen LogP contribution in [0.25, 0.3) is 0 Å². The van der Waals surface area contributed by atoms with Crippen LogP contribution < -0.4 is 5.73 Å². The van der Waals surface area contributed by atoms with Gasteiger partial charge in [0.05, 0.1) is 18.8 Å². The Kier molecular flexibility index (Phi) is 3.30. The summed E-state index contributed by atoms with van der Waals surface area (Å²) in [6, 6.07) is 0.0394. The Labute approximate surface area is 67.9 Å². The molecule has 0 radical (unpaired) electrons. The fourth-order valence-electron chi connectivity index (χ4n) is 1.55. The Morgan fingerprint density at radius 2 is 2.45 bits per heavy atom. The molecule has 1 saturated heterocycles. The number of hydrogen-bond acceptors (Lipinski definition) is 3.